The minimum atomic E-state index is -3.00. The van der Waals surface area contributed by atoms with Gasteiger partial charge in [0.1, 0.15) is 11.6 Å². The number of carbonyl (C=O) groups is 1. The van der Waals surface area contributed by atoms with Crippen LogP contribution < -0.4 is 10.1 Å². The van der Waals surface area contributed by atoms with Crippen molar-refractivity contribution in [2.24, 2.45) is 0 Å². The maximum absolute atomic E-state index is 13.4. The summed E-state index contributed by atoms with van der Waals surface area (Å²) < 4.78 is 41.8. The number of alkyl halides is 2. The summed E-state index contributed by atoms with van der Waals surface area (Å²) in [6.45, 7) is -3.00. The molecule has 0 bridgehead atoms. The van der Waals surface area contributed by atoms with Crippen LogP contribution >= 0.6 is 11.6 Å². The van der Waals surface area contributed by atoms with E-state index in [1.165, 1.54) is 36.4 Å². The van der Waals surface area contributed by atoms with Gasteiger partial charge in [0, 0.05) is 5.69 Å². The molecule has 2 aromatic carbocycles. The van der Waals surface area contributed by atoms with Crippen LogP contribution in [0.3, 0.4) is 0 Å². The number of hydrogen-bond acceptors (Lipinski definition) is 2. The van der Waals surface area contributed by atoms with E-state index in [0.717, 1.165) is 6.07 Å². The van der Waals surface area contributed by atoms with E-state index < -0.39 is 18.3 Å². The third kappa shape index (κ3) is 3.88. The highest BCUT2D eigenvalue weighted by Gasteiger charge is 2.13. The van der Waals surface area contributed by atoms with Crippen LogP contribution in [-0.2, 0) is 0 Å². The molecule has 21 heavy (non-hydrogen) atoms. The minimum Gasteiger partial charge on any atom is -0.433 e. The SMILES string of the molecule is O=C(Nc1ccc(OC(F)F)c(Cl)c1)c1ccccc1F. The Labute approximate surface area is 123 Å². The van der Waals surface area contributed by atoms with Gasteiger partial charge in [-0.25, -0.2) is 4.39 Å². The van der Waals surface area contributed by atoms with Gasteiger partial charge in [0.05, 0.1) is 10.6 Å². The second-order valence-electron chi connectivity index (χ2n) is 3.96. The fourth-order valence-corrected chi connectivity index (χ4v) is 1.84. The van der Waals surface area contributed by atoms with Gasteiger partial charge in [-0.1, -0.05) is 23.7 Å². The summed E-state index contributed by atoms with van der Waals surface area (Å²) in [6, 6.07) is 9.19. The Kier molecular flexibility index (Phi) is 4.70. The van der Waals surface area contributed by atoms with Crippen molar-refractivity contribution in [1.82, 2.24) is 0 Å². The Bertz CT molecular complexity index is 664. The van der Waals surface area contributed by atoms with Crippen LogP contribution in [0.1, 0.15) is 10.4 Å². The Morgan fingerprint density at radius 2 is 1.90 bits per heavy atom. The minimum absolute atomic E-state index is 0.0957. The standard InChI is InChI=1S/C14H9ClF3NO2/c15-10-7-8(5-6-12(10)21-14(17)18)19-13(20)9-3-1-2-4-11(9)16/h1-7,14H,(H,19,20). The molecular weight excluding hydrogens is 307 g/mol. The van der Waals surface area contributed by atoms with E-state index >= 15 is 0 Å². The van der Waals surface area contributed by atoms with E-state index in [0.29, 0.717) is 0 Å². The van der Waals surface area contributed by atoms with Crippen LogP contribution in [0.4, 0.5) is 18.9 Å². The smallest absolute Gasteiger partial charge is 0.387 e. The number of hydrogen-bond donors (Lipinski definition) is 1. The Morgan fingerprint density at radius 3 is 2.52 bits per heavy atom. The van der Waals surface area contributed by atoms with E-state index in [4.69, 9.17) is 11.6 Å². The number of halogens is 4. The predicted molar refractivity (Wildman–Crippen MR) is 72.4 cm³/mol. The highest BCUT2D eigenvalue weighted by atomic mass is 35.5. The number of anilines is 1. The molecule has 0 fully saturated rings. The third-order valence-corrected chi connectivity index (χ3v) is 2.82. The number of amides is 1. The van der Waals surface area contributed by atoms with Gasteiger partial charge in [0.25, 0.3) is 5.91 Å². The number of carbonyl (C=O) groups excluding carboxylic acids is 1. The van der Waals surface area contributed by atoms with Crippen LogP contribution in [0.25, 0.3) is 0 Å². The zero-order valence-corrected chi connectivity index (χ0v) is 11.2. The number of nitrogens with one attached hydrogen (secondary N) is 1. The van der Waals surface area contributed by atoms with E-state index in [2.05, 4.69) is 10.1 Å². The summed E-state index contributed by atoms with van der Waals surface area (Å²) in [4.78, 5) is 11.9. The highest BCUT2D eigenvalue weighted by molar-refractivity contribution is 6.32. The first kappa shape index (κ1) is 15.2. The van der Waals surface area contributed by atoms with Crippen LogP contribution in [-0.4, -0.2) is 12.5 Å². The van der Waals surface area contributed by atoms with Crippen molar-refractivity contribution in [1.29, 1.82) is 0 Å². The zero-order valence-electron chi connectivity index (χ0n) is 10.4. The van der Waals surface area contributed by atoms with Gasteiger partial charge in [0.15, 0.2) is 0 Å². The predicted octanol–water partition coefficient (Wildman–Crippen LogP) is 4.33. The van der Waals surface area contributed by atoms with Gasteiger partial charge < -0.3 is 10.1 Å². The maximum atomic E-state index is 13.4. The lowest BCUT2D eigenvalue weighted by Gasteiger charge is -2.10. The van der Waals surface area contributed by atoms with Crippen LogP contribution in [0, 0.1) is 5.82 Å². The molecule has 0 spiro atoms. The van der Waals surface area contributed by atoms with E-state index in [1.807, 2.05) is 0 Å². The number of rotatable bonds is 4. The molecule has 0 aromatic heterocycles. The van der Waals surface area contributed by atoms with Gasteiger partial charge in [0.2, 0.25) is 0 Å². The van der Waals surface area contributed by atoms with E-state index in [9.17, 15) is 18.0 Å². The number of ether oxygens (including phenoxy) is 1. The highest BCUT2D eigenvalue weighted by Crippen LogP contribution is 2.29. The summed E-state index contributed by atoms with van der Waals surface area (Å²) in [7, 11) is 0. The fourth-order valence-electron chi connectivity index (χ4n) is 1.61. The van der Waals surface area contributed by atoms with Gasteiger partial charge >= 0.3 is 6.61 Å². The molecule has 110 valence electrons. The molecule has 2 aromatic rings. The van der Waals surface area contributed by atoms with Crippen molar-refractivity contribution in [3.8, 4) is 5.75 Å². The Morgan fingerprint density at radius 1 is 1.19 bits per heavy atom. The van der Waals surface area contributed by atoms with Gasteiger partial charge in [-0.3, -0.25) is 4.79 Å². The summed E-state index contributed by atoms with van der Waals surface area (Å²) in [6.07, 6.45) is 0. The molecular formula is C14H9ClF3NO2. The molecule has 1 N–H and O–H groups in total. The van der Waals surface area contributed by atoms with Crippen LogP contribution in [0.5, 0.6) is 5.75 Å². The molecule has 0 saturated carbocycles. The van der Waals surface area contributed by atoms with Gasteiger partial charge in [-0.2, -0.15) is 8.78 Å². The monoisotopic (exact) mass is 315 g/mol. The van der Waals surface area contributed by atoms with Crippen molar-refractivity contribution in [3.63, 3.8) is 0 Å². The van der Waals surface area contributed by atoms with Gasteiger partial charge in [-0.05, 0) is 30.3 Å². The largest absolute Gasteiger partial charge is 0.433 e. The molecule has 0 heterocycles. The molecule has 0 aliphatic heterocycles. The molecule has 7 heteroatoms. The second kappa shape index (κ2) is 6.49. The molecule has 0 radical (unpaired) electrons. The third-order valence-electron chi connectivity index (χ3n) is 2.52. The molecule has 0 aliphatic carbocycles. The lowest BCUT2D eigenvalue weighted by molar-refractivity contribution is -0.0497. The first-order chi connectivity index (χ1) is 9.97. The Hall–Kier alpha value is -2.21. The first-order valence-electron chi connectivity index (χ1n) is 5.77. The average molecular weight is 316 g/mol. The molecule has 0 unspecified atom stereocenters. The second-order valence-corrected chi connectivity index (χ2v) is 4.36. The quantitative estimate of drug-likeness (QED) is 0.912. The van der Waals surface area contributed by atoms with Crippen molar-refractivity contribution in [2.75, 3.05) is 5.32 Å². The summed E-state index contributed by atoms with van der Waals surface area (Å²) in [5, 5.41) is 2.32. The van der Waals surface area contributed by atoms with Crippen LogP contribution in [0.2, 0.25) is 5.02 Å². The van der Waals surface area contributed by atoms with Crippen molar-refractivity contribution < 1.29 is 22.7 Å². The lowest BCUT2D eigenvalue weighted by atomic mass is 10.2. The van der Waals surface area contributed by atoms with Crippen molar-refractivity contribution in [3.05, 3.63) is 58.9 Å². The normalized spacial score (nSPS) is 10.5. The number of benzene rings is 2. The van der Waals surface area contributed by atoms with Crippen LogP contribution in [0.15, 0.2) is 42.5 Å². The molecule has 2 rings (SSSR count). The van der Waals surface area contributed by atoms with Crippen molar-refractivity contribution in [2.45, 2.75) is 6.61 Å². The fraction of sp³-hybridized carbons (Fsp3) is 0.0714. The average Bonchev–Trinajstić information content (AvgIpc) is 2.42. The Balaban J connectivity index is 2.15. The van der Waals surface area contributed by atoms with Crippen molar-refractivity contribution >= 4 is 23.2 Å². The lowest BCUT2D eigenvalue weighted by Crippen LogP contribution is -2.13. The molecule has 0 saturated heterocycles. The first-order valence-corrected chi connectivity index (χ1v) is 6.15. The van der Waals surface area contributed by atoms with E-state index in [1.54, 1.807) is 0 Å². The molecule has 1 amide bonds. The molecule has 0 atom stereocenters. The summed E-state index contributed by atoms with van der Waals surface area (Å²) in [5.41, 5.74) is 0.0939. The zero-order chi connectivity index (χ0) is 15.4. The molecule has 0 aliphatic rings. The van der Waals surface area contributed by atoms with E-state index in [-0.39, 0.29) is 22.0 Å². The topological polar surface area (TPSA) is 38.3 Å². The van der Waals surface area contributed by atoms with Gasteiger partial charge in [-0.15, -0.1) is 0 Å². The molecule has 3 nitrogen and oxygen atoms in total. The maximum Gasteiger partial charge on any atom is 0.387 e. The summed E-state index contributed by atoms with van der Waals surface area (Å²) in [5.74, 6) is -1.55. The summed E-state index contributed by atoms with van der Waals surface area (Å²) >= 11 is 5.75.